The smallest absolute Gasteiger partial charge is 0.258 e. The first-order valence-electron chi connectivity index (χ1n) is 2.60. The first kappa shape index (κ1) is 8.48. The summed E-state index contributed by atoms with van der Waals surface area (Å²) in [5.41, 5.74) is -0.0461. The maximum absolute atomic E-state index is 10.3. The molecule has 0 aromatic carbocycles. The molecule has 0 saturated heterocycles. The molecule has 0 amide bonds. The van der Waals surface area contributed by atoms with Gasteiger partial charge in [0.25, 0.3) is 5.69 Å². The van der Waals surface area contributed by atoms with Gasteiger partial charge in [0, 0.05) is 6.20 Å². The van der Waals surface area contributed by atoms with Crippen LogP contribution >= 0.6 is 28.6 Å². The largest absolute Gasteiger partial charge is 0.286 e. The second kappa shape index (κ2) is 3.19. The van der Waals surface area contributed by atoms with Crippen LogP contribution in [0.15, 0.2) is 21.8 Å². The van der Waals surface area contributed by atoms with Crippen LogP contribution in [0.4, 0.5) is 5.69 Å². The second-order valence-corrected chi connectivity index (χ2v) is 3.05. The van der Waals surface area contributed by atoms with Crippen LogP contribution in [-0.2, 0) is 0 Å². The minimum Gasteiger partial charge on any atom is -0.258 e. The summed E-state index contributed by atoms with van der Waals surface area (Å²) in [5, 5.41) is 10.3. The molecule has 0 atom stereocenters. The molecule has 11 heavy (non-hydrogen) atoms. The lowest BCUT2D eigenvalue weighted by Gasteiger charge is -1.94. The van der Waals surface area contributed by atoms with E-state index in [4.69, 9.17) is 0 Å². The van der Waals surface area contributed by atoms with Crippen molar-refractivity contribution in [3.05, 3.63) is 27.0 Å². The Labute approximate surface area is 76.3 Å². The van der Waals surface area contributed by atoms with Gasteiger partial charge in [0.05, 0.1) is 11.0 Å². The van der Waals surface area contributed by atoms with Crippen molar-refractivity contribution in [2.75, 3.05) is 0 Å². The van der Waals surface area contributed by atoms with Gasteiger partial charge in [-0.3, -0.25) is 10.1 Å². The summed E-state index contributed by atoms with van der Waals surface area (Å²) in [5.74, 6) is 0. The van der Waals surface area contributed by atoms with Gasteiger partial charge in [-0.05, 0) is 15.9 Å². The molecule has 1 rings (SSSR count). The van der Waals surface area contributed by atoms with E-state index in [9.17, 15) is 10.1 Å². The molecule has 0 N–H and O–H groups in total. The molecule has 0 radical (unpaired) electrons. The highest BCUT2D eigenvalue weighted by molar-refractivity contribution is 9.10. The van der Waals surface area contributed by atoms with Gasteiger partial charge >= 0.3 is 0 Å². The summed E-state index contributed by atoms with van der Waals surface area (Å²) in [7, 11) is 0. The first-order chi connectivity index (χ1) is 5.11. The van der Waals surface area contributed by atoms with Crippen LogP contribution < -0.4 is 0 Å². The number of halogens is 1. The summed E-state index contributed by atoms with van der Waals surface area (Å²) < 4.78 is 0.432. The van der Waals surface area contributed by atoms with Gasteiger partial charge in [-0.25, -0.2) is 4.98 Å². The molecule has 4 nitrogen and oxygen atoms in total. The monoisotopic (exact) mass is 234 g/mol. The molecular weight excluding hydrogens is 232 g/mol. The molecule has 1 heterocycles. The normalized spacial score (nSPS) is 9.64. The number of nitro groups is 1. The summed E-state index contributed by atoms with van der Waals surface area (Å²) in [4.78, 5) is 13.8. The predicted molar refractivity (Wildman–Crippen MR) is 45.8 cm³/mol. The Bertz CT molecular complexity index is 305. The maximum atomic E-state index is 10.3. The van der Waals surface area contributed by atoms with E-state index in [0.29, 0.717) is 4.60 Å². The fraction of sp³-hybridized carbons (Fsp3) is 0. The molecule has 0 aliphatic heterocycles. The van der Waals surface area contributed by atoms with Crippen molar-refractivity contribution < 1.29 is 4.92 Å². The second-order valence-electron chi connectivity index (χ2n) is 1.75. The number of aromatic nitrogens is 1. The summed E-state index contributed by atoms with van der Waals surface area (Å²) in [6, 6.07) is 1.31. The Morgan fingerprint density at radius 1 is 1.73 bits per heavy atom. The molecule has 0 aliphatic rings. The fourth-order valence-electron chi connectivity index (χ4n) is 0.559. The molecule has 0 unspecified atom stereocenters. The maximum Gasteiger partial charge on any atom is 0.286 e. The third-order valence-corrected chi connectivity index (χ3v) is 1.80. The van der Waals surface area contributed by atoms with Gasteiger partial charge in [0.1, 0.15) is 9.50 Å². The van der Waals surface area contributed by atoms with Crippen LogP contribution in [0.1, 0.15) is 0 Å². The van der Waals surface area contributed by atoms with Gasteiger partial charge in [-0.1, -0.05) is 0 Å². The van der Waals surface area contributed by atoms with Crippen LogP contribution in [0.5, 0.6) is 0 Å². The summed E-state index contributed by atoms with van der Waals surface area (Å²) >= 11 is 6.87. The number of rotatable bonds is 1. The number of hydrogen-bond donors (Lipinski definition) is 1. The minimum atomic E-state index is -0.505. The average Bonchev–Trinajstić information content (AvgIpc) is 1.94. The molecule has 0 spiro atoms. The van der Waals surface area contributed by atoms with Gasteiger partial charge in [0.2, 0.25) is 0 Å². The molecule has 0 aliphatic carbocycles. The van der Waals surface area contributed by atoms with E-state index in [1.54, 1.807) is 0 Å². The third kappa shape index (κ3) is 1.90. The summed E-state index contributed by atoms with van der Waals surface area (Å²) in [6.07, 6.45) is 1.32. The Morgan fingerprint density at radius 2 is 2.36 bits per heavy atom. The van der Waals surface area contributed by atoms with Crippen LogP contribution in [-0.4, -0.2) is 9.91 Å². The predicted octanol–water partition coefficient (Wildman–Crippen LogP) is 2.04. The van der Waals surface area contributed by atoms with Crippen LogP contribution in [0.3, 0.4) is 0 Å². The highest BCUT2D eigenvalue weighted by Gasteiger charge is 2.10. The van der Waals surface area contributed by atoms with E-state index < -0.39 is 4.92 Å². The third-order valence-electron chi connectivity index (χ3n) is 1.03. The van der Waals surface area contributed by atoms with Crippen LogP contribution in [0.25, 0.3) is 0 Å². The molecule has 1 aromatic heterocycles. The van der Waals surface area contributed by atoms with E-state index in [1.807, 2.05) is 0 Å². The zero-order chi connectivity index (χ0) is 8.43. The van der Waals surface area contributed by atoms with Gasteiger partial charge in [-0.15, -0.1) is 12.6 Å². The van der Waals surface area contributed by atoms with Crippen LogP contribution in [0, 0.1) is 10.1 Å². The number of pyridine rings is 1. The SMILES string of the molecule is O=[N+]([O-])c1cc(Br)ncc1S. The van der Waals surface area contributed by atoms with Gasteiger partial charge < -0.3 is 0 Å². The molecule has 1 aromatic rings. The van der Waals surface area contributed by atoms with E-state index in [2.05, 4.69) is 33.5 Å². The quantitative estimate of drug-likeness (QED) is 0.350. The van der Waals surface area contributed by atoms with Gasteiger partial charge in [-0.2, -0.15) is 0 Å². The minimum absolute atomic E-state index is 0.0461. The van der Waals surface area contributed by atoms with E-state index >= 15 is 0 Å². The van der Waals surface area contributed by atoms with Crippen molar-refractivity contribution in [3.8, 4) is 0 Å². The Kier molecular flexibility index (Phi) is 2.45. The highest BCUT2D eigenvalue weighted by atomic mass is 79.9. The molecule has 0 saturated carbocycles. The number of thiol groups is 1. The number of nitrogens with zero attached hydrogens (tertiary/aromatic N) is 2. The fourth-order valence-corrected chi connectivity index (χ4v) is 1.08. The molecular formula is C5H3BrN2O2S. The van der Waals surface area contributed by atoms with Crippen molar-refractivity contribution in [2.24, 2.45) is 0 Å². The first-order valence-corrected chi connectivity index (χ1v) is 3.84. The van der Waals surface area contributed by atoms with Crippen LogP contribution in [0.2, 0.25) is 0 Å². The molecule has 0 fully saturated rings. The lowest BCUT2D eigenvalue weighted by atomic mass is 10.4. The highest BCUT2D eigenvalue weighted by Crippen LogP contribution is 2.23. The molecule has 0 bridgehead atoms. The van der Waals surface area contributed by atoms with E-state index in [0.717, 1.165) is 0 Å². The summed E-state index contributed by atoms with van der Waals surface area (Å²) in [6.45, 7) is 0. The molecule has 58 valence electrons. The molecule has 6 heteroatoms. The standard InChI is InChI=1S/C5H3BrN2O2S/c6-5-1-3(8(9)10)4(11)2-7-5/h1-2,11H. The lowest BCUT2D eigenvalue weighted by molar-refractivity contribution is -0.387. The Morgan fingerprint density at radius 3 is 2.82 bits per heavy atom. The topological polar surface area (TPSA) is 56.0 Å². The van der Waals surface area contributed by atoms with Crippen molar-refractivity contribution in [1.29, 1.82) is 0 Å². The lowest BCUT2D eigenvalue weighted by Crippen LogP contribution is -1.90. The van der Waals surface area contributed by atoms with E-state index in [-0.39, 0.29) is 10.6 Å². The van der Waals surface area contributed by atoms with Crippen molar-refractivity contribution in [3.63, 3.8) is 0 Å². The van der Waals surface area contributed by atoms with Crippen molar-refractivity contribution >= 4 is 34.2 Å². The van der Waals surface area contributed by atoms with E-state index in [1.165, 1.54) is 12.3 Å². The van der Waals surface area contributed by atoms with Gasteiger partial charge in [0.15, 0.2) is 0 Å². The average molecular weight is 235 g/mol. The van der Waals surface area contributed by atoms with Crippen molar-refractivity contribution in [2.45, 2.75) is 4.90 Å². The Balaban J connectivity index is 3.23. The number of hydrogen-bond acceptors (Lipinski definition) is 4. The van der Waals surface area contributed by atoms with Crippen molar-refractivity contribution in [1.82, 2.24) is 4.98 Å². The zero-order valence-electron chi connectivity index (χ0n) is 5.19. The Hall–Kier alpha value is -0.620. The zero-order valence-corrected chi connectivity index (χ0v) is 7.67.